The number of carbonyl (C=O) groups excluding carboxylic acids is 2. The zero-order valence-electron chi connectivity index (χ0n) is 19.9. The van der Waals surface area contributed by atoms with Crippen LogP contribution in [0.4, 0.5) is 10.5 Å². The molecule has 3 aromatic rings. The van der Waals surface area contributed by atoms with E-state index in [1.165, 1.54) is 0 Å². The Morgan fingerprint density at radius 3 is 2.63 bits per heavy atom. The Labute approximate surface area is 210 Å². The summed E-state index contributed by atoms with van der Waals surface area (Å²) in [4.78, 5) is 31.3. The number of carbonyl (C=O) groups is 2. The quantitative estimate of drug-likeness (QED) is 0.432. The van der Waals surface area contributed by atoms with Crippen molar-refractivity contribution in [2.45, 2.75) is 32.0 Å². The van der Waals surface area contributed by atoms with Crippen LogP contribution in [0.25, 0.3) is 0 Å². The van der Waals surface area contributed by atoms with Gasteiger partial charge >= 0.3 is 6.03 Å². The molecular weight excluding hydrogens is 462 g/mol. The predicted octanol–water partition coefficient (Wildman–Crippen LogP) is 5.00. The van der Waals surface area contributed by atoms with Gasteiger partial charge in [-0.2, -0.15) is 0 Å². The molecule has 35 heavy (non-hydrogen) atoms. The van der Waals surface area contributed by atoms with Crippen LogP contribution in [-0.4, -0.2) is 54.6 Å². The topological polar surface area (TPSA) is 71.1 Å². The molecule has 0 unspecified atom stereocenters. The Morgan fingerprint density at radius 2 is 1.91 bits per heavy atom. The summed E-state index contributed by atoms with van der Waals surface area (Å²) < 4.78 is 11.0. The van der Waals surface area contributed by atoms with Gasteiger partial charge in [0.15, 0.2) is 0 Å². The van der Waals surface area contributed by atoms with Crippen molar-refractivity contribution in [3.63, 3.8) is 0 Å². The van der Waals surface area contributed by atoms with E-state index in [1.54, 1.807) is 35.5 Å². The average Bonchev–Trinajstić information content (AvgIpc) is 3.58. The van der Waals surface area contributed by atoms with Crippen LogP contribution in [-0.2, 0) is 22.6 Å². The van der Waals surface area contributed by atoms with Crippen molar-refractivity contribution >= 4 is 29.0 Å². The van der Waals surface area contributed by atoms with Crippen molar-refractivity contribution in [3.05, 3.63) is 82.6 Å². The van der Waals surface area contributed by atoms with Gasteiger partial charge in [-0.25, -0.2) is 4.79 Å². The lowest BCUT2D eigenvalue weighted by Crippen LogP contribution is -2.46. The van der Waals surface area contributed by atoms with Gasteiger partial charge in [-0.15, -0.1) is 11.3 Å². The van der Waals surface area contributed by atoms with E-state index >= 15 is 0 Å². The molecule has 1 saturated heterocycles. The molecule has 0 bridgehead atoms. The maximum Gasteiger partial charge on any atom is 0.322 e. The second-order valence-corrected chi connectivity index (χ2v) is 9.52. The summed E-state index contributed by atoms with van der Waals surface area (Å²) in [6, 6.07) is 20.8. The number of ether oxygens (including phenoxy) is 2. The van der Waals surface area contributed by atoms with Gasteiger partial charge in [0.25, 0.3) is 0 Å². The van der Waals surface area contributed by atoms with E-state index in [0.717, 1.165) is 23.3 Å². The number of nitrogens with one attached hydrogen (secondary N) is 1. The molecule has 2 aromatic carbocycles. The third-order valence-corrected chi connectivity index (χ3v) is 6.74. The molecule has 1 aliphatic rings. The second kappa shape index (κ2) is 12.4. The standard InChI is InChI=1S/C27H31N3O4S/c1-33-23-11-5-10-22(16-23)28-27(32)30(18-24-12-6-14-34-24)20-26(31)29(19-25-13-7-15-35-25)17-21-8-3-2-4-9-21/h2-5,7-11,13,15-16,24H,6,12,14,17-20H2,1H3,(H,28,32)/t24-/m0/s1. The number of benzene rings is 2. The van der Waals surface area contributed by atoms with Crippen LogP contribution >= 0.6 is 11.3 Å². The highest BCUT2D eigenvalue weighted by atomic mass is 32.1. The lowest BCUT2D eigenvalue weighted by Gasteiger charge is -2.29. The third-order valence-electron chi connectivity index (χ3n) is 5.88. The molecule has 1 fully saturated rings. The molecule has 1 N–H and O–H groups in total. The van der Waals surface area contributed by atoms with E-state index in [-0.39, 0.29) is 24.6 Å². The highest BCUT2D eigenvalue weighted by Crippen LogP contribution is 2.20. The van der Waals surface area contributed by atoms with Crippen LogP contribution in [0.15, 0.2) is 72.1 Å². The van der Waals surface area contributed by atoms with Gasteiger partial charge in [0, 0.05) is 36.3 Å². The number of nitrogens with zero attached hydrogens (tertiary/aromatic N) is 2. The first kappa shape index (κ1) is 24.8. The van der Waals surface area contributed by atoms with Crippen molar-refractivity contribution < 1.29 is 19.1 Å². The fourth-order valence-electron chi connectivity index (χ4n) is 4.05. The van der Waals surface area contributed by atoms with Crippen LogP contribution in [0.1, 0.15) is 23.3 Å². The normalized spacial score (nSPS) is 14.9. The van der Waals surface area contributed by atoms with Gasteiger partial charge < -0.3 is 24.6 Å². The highest BCUT2D eigenvalue weighted by Gasteiger charge is 2.27. The molecule has 0 aliphatic carbocycles. The van der Waals surface area contributed by atoms with E-state index in [4.69, 9.17) is 9.47 Å². The Morgan fingerprint density at radius 1 is 1.06 bits per heavy atom. The summed E-state index contributed by atoms with van der Waals surface area (Å²) in [5.74, 6) is 0.538. The van der Waals surface area contributed by atoms with Crippen LogP contribution in [0.5, 0.6) is 5.75 Å². The zero-order valence-corrected chi connectivity index (χ0v) is 20.7. The van der Waals surface area contributed by atoms with Crippen molar-refractivity contribution in [2.24, 2.45) is 0 Å². The molecule has 0 spiro atoms. The van der Waals surface area contributed by atoms with Gasteiger partial charge in [0.05, 0.1) is 19.8 Å². The molecule has 4 rings (SSSR count). The number of rotatable bonds is 10. The van der Waals surface area contributed by atoms with E-state index in [0.29, 0.717) is 37.7 Å². The molecule has 0 radical (unpaired) electrons. The third kappa shape index (κ3) is 7.31. The van der Waals surface area contributed by atoms with E-state index in [1.807, 2.05) is 64.9 Å². The summed E-state index contributed by atoms with van der Waals surface area (Å²) >= 11 is 1.62. The smallest absolute Gasteiger partial charge is 0.322 e. The van der Waals surface area contributed by atoms with Crippen molar-refractivity contribution in [1.82, 2.24) is 9.80 Å². The number of thiophene rings is 1. The minimum atomic E-state index is -0.335. The van der Waals surface area contributed by atoms with Gasteiger partial charge in [0.2, 0.25) is 5.91 Å². The molecule has 8 heteroatoms. The van der Waals surface area contributed by atoms with Crippen molar-refractivity contribution in [2.75, 3.05) is 32.1 Å². The molecule has 2 heterocycles. The fourth-order valence-corrected chi connectivity index (χ4v) is 4.77. The number of anilines is 1. The Bertz CT molecular complexity index is 1080. The molecule has 1 aromatic heterocycles. The Kier molecular flexibility index (Phi) is 8.75. The van der Waals surface area contributed by atoms with E-state index < -0.39 is 0 Å². The summed E-state index contributed by atoms with van der Waals surface area (Å²) in [6.45, 7) is 1.98. The maximum atomic E-state index is 13.6. The van der Waals surface area contributed by atoms with Crippen LogP contribution in [0.2, 0.25) is 0 Å². The largest absolute Gasteiger partial charge is 0.497 e. The molecule has 1 atom stereocenters. The molecule has 0 saturated carbocycles. The highest BCUT2D eigenvalue weighted by molar-refractivity contribution is 7.09. The van der Waals surface area contributed by atoms with Gasteiger partial charge in [-0.1, -0.05) is 42.5 Å². The predicted molar refractivity (Wildman–Crippen MR) is 138 cm³/mol. The second-order valence-electron chi connectivity index (χ2n) is 8.49. The van der Waals surface area contributed by atoms with Crippen molar-refractivity contribution in [3.8, 4) is 5.75 Å². The van der Waals surface area contributed by atoms with Crippen LogP contribution < -0.4 is 10.1 Å². The van der Waals surface area contributed by atoms with E-state index in [2.05, 4.69) is 5.32 Å². The SMILES string of the molecule is COc1cccc(NC(=O)N(CC(=O)N(Cc2ccccc2)Cc2cccs2)C[C@@H]2CCCO2)c1. The first-order chi connectivity index (χ1) is 17.1. The molecular formula is C27H31N3O4S. The van der Waals surface area contributed by atoms with Gasteiger partial charge in [-0.3, -0.25) is 4.79 Å². The van der Waals surface area contributed by atoms with Crippen LogP contribution in [0.3, 0.4) is 0 Å². The Balaban J connectivity index is 1.50. The summed E-state index contributed by atoms with van der Waals surface area (Å²) in [5.41, 5.74) is 1.66. The van der Waals surface area contributed by atoms with Crippen molar-refractivity contribution in [1.29, 1.82) is 0 Å². The fraction of sp³-hybridized carbons (Fsp3) is 0.333. The van der Waals surface area contributed by atoms with E-state index in [9.17, 15) is 9.59 Å². The molecule has 3 amide bonds. The van der Waals surface area contributed by atoms with Crippen LogP contribution in [0, 0.1) is 0 Å². The number of hydrogen-bond donors (Lipinski definition) is 1. The summed E-state index contributed by atoms with van der Waals surface area (Å²) in [7, 11) is 1.58. The first-order valence-corrected chi connectivity index (χ1v) is 12.6. The van der Waals surface area contributed by atoms with Gasteiger partial charge in [0.1, 0.15) is 12.3 Å². The first-order valence-electron chi connectivity index (χ1n) is 11.8. The number of amides is 3. The number of methoxy groups -OCH3 is 1. The lowest BCUT2D eigenvalue weighted by molar-refractivity contribution is -0.133. The lowest BCUT2D eigenvalue weighted by atomic mass is 10.2. The maximum absolute atomic E-state index is 13.6. The monoisotopic (exact) mass is 493 g/mol. The molecule has 184 valence electrons. The summed E-state index contributed by atoms with van der Waals surface area (Å²) in [5, 5.41) is 4.92. The minimum absolute atomic E-state index is 0.0339. The van der Waals surface area contributed by atoms with Gasteiger partial charge in [-0.05, 0) is 42.0 Å². The summed E-state index contributed by atoms with van der Waals surface area (Å²) in [6.07, 6.45) is 1.77. The minimum Gasteiger partial charge on any atom is -0.497 e. The molecule has 7 nitrogen and oxygen atoms in total. The zero-order chi connectivity index (χ0) is 24.5. The Hall–Kier alpha value is -3.36. The number of hydrogen-bond acceptors (Lipinski definition) is 5. The average molecular weight is 494 g/mol. The molecule has 1 aliphatic heterocycles. The number of urea groups is 1.